The van der Waals surface area contributed by atoms with Crippen LogP contribution in [0.25, 0.3) is 0 Å². The van der Waals surface area contributed by atoms with Gasteiger partial charge in [0.1, 0.15) is 0 Å². The van der Waals surface area contributed by atoms with E-state index in [2.05, 4.69) is 6.92 Å². The Morgan fingerprint density at radius 1 is 0.560 bits per heavy atom. The Balaban J connectivity index is -0.000000704. The summed E-state index contributed by atoms with van der Waals surface area (Å²) in [6.07, 6.45) is 22.2. The molecule has 0 saturated carbocycles. The summed E-state index contributed by atoms with van der Waals surface area (Å²) in [6.45, 7) is 2.66. The zero-order chi connectivity index (χ0) is 18.5. The molecule has 0 heterocycles. The molecule has 0 spiro atoms. The molecular weight excluding hydrogens is 351 g/mol. The fourth-order valence-corrected chi connectivity index (χ4v) is 2.66. The van der Waals surface area contributed by atoms with Crippen molar-refractivity contribution < 1.29 is 22.6 Å². The SMILES string of the molecule is CCCCCCCCCCCCCCCCCCO.O=S(=O)(O)O.[NaH]. The summed E-state index contributed by atoms with van der Waals surface area (Å²) in [5, 5.41) is 8.67. The van der Waals surface area contributed by atoms with E-state index in [1.807, 2.05) is 0 Å². The van der Waals surface area contributed by atoms with E-state index in [4.69, 9.17) is 22.6 Å². The summed E-state index contributed by atoms with van der Waals surface area (Å²) in [5.41, 5.74) is 0. The molecule has 0 aliphatic heterocycles. The molecule has 0 bridgehead atoms. The van der Waals surface area contributed by atoms with E-state index in [0.717, 1.165) is 6.42 Å². The quantitative estimate of drug-likeness (QED) is 0.196. The molecule has 5 nitrogen and oxygen atoms in total. The number of unbranched alkanes of at least 4 members (excludes halogenated alkanes) is 15. The first-order valence-corrected chi connectivity index (χ1v) is 11.1. The number of hydrogen-bond donors (Lipinski definition) is 3. The molecule has 150 valence electrons. The van der Waals surface area contributed by atoms with Gasteiger partial charge in [-0.05, 0) is 6.42 Å². The van der Waals surface area contributed by atoms with E-state index in [1.165, 1.54) is 96.3 Å². The third-order valence-electron chi connectivity index (χ3n) is 4.01. The Hall–Kier alpha value is 0.830. The molecule has 0 aromatic rings. The van der Waals surface area contributed by atoms with E-state index < -0.39 is 10.4 Å². The van der Waals surface area contributed by atoms with Crippen molar-refractivity contribution >= 4 is 40.0 Å². The Kier molecular flexibility index (Phi) is 30.3. The van der Waals surface area contributed by atoms with E-state index >= 15 is 0 Å². The average Bonchev–Trinajstić information content (AvgIpc) is 2.49. The molecule has 0 aliphatic rings. The summed E-state index contributed by atoms with van der Waals surface area (Å²) in [7, 11) is -4.67. The van der Waals surface area contributed by atoms with Gasteiger partial charge in [-0.3, -0.25) is 9.11 Å². The van der Waals surface area contributed by atoms with Gasteiger partial charge in [-0.1, -0.05) is 103 Å². The van der Waals surface area contributed by atoms with E-state index in [1.54, 1.807) is 0 Å². The van der Waals surface area contributed by atoms with Gasteiger partial charge in [0, 0.05) is 6.61 Å². The zero-order valence-electron chi connectivity index (χ0n) is 15.6. The molecule has 0 rings (SSSR count). The van der Waals surface area contributed by atoms with Crippen LogP contribution in [0.15, 0.2) is 0 Å². The maximum absolute atomic E-state index is 8.74. The van der Waals surface area contributed by atoms with Crippen LogP contribution in [0.1, 0.15) is 110 Å². The van der Waals surface area contributed by atoms with Crippen LogP contribution in [-0.4, -0.2) is 58.8 Å². The van der Waals surface area contributed by atoms with Crippen molar-refractivity contribution in [3.8, 4) is 0 Å². The molecule has 0 fully saturated rings. The number of hydrogen-bond acceptors (Lipinski definition) is 3. The molecule has 25 heavy (non-hydrogen) atoms. The number of aliphatic hydroxyl groups excluding tert-OH is 1. The van der Waals surface area contributed by atoms with Crippen molar-refractivity contribution in [1.82, 2.24) is 0 Å². The molecule has 0 saturated heterocycles. The Morgan fingerprint density at radius 2 is 0.760 bits per heavy atom. The van der Waals surface area contributed by atoms with Crippen molar-refractivity contribution in [3.05, 3.63) is 0 Å². The normalized spacial score (nSPS) is 10.7. The summed E-state index contributed by atoms with van der Waals surface area (Å²) < 4.78 is 31.6. The van der Waals surface area contributed by atoms with Gasteiger partial charge in [0.2, 0.25) is 0 Å². The first kappa shape index (κ1) is 30.6. The summed E-state index contributed by atoms with van der Waals surface area (Å²) in [4.78, 5) is 0. The summed E-state index contributed by atoms with van der Waals surface area (Å²) in [6, 6.07) is 0. The van der Waals surface area contributed by atoms with Crippen molar-refractivity contribution in [1.29, 1.82) is 0 Å². The van der Waals surface area contributed by atoms with Gasteiger partial charge in [-0.15, -0.1) is 0 Å². The van der Waals surface area contributed by atoms with Crippen LogP contribution in [-0.2, 0) is 10.4 Å². The Bertz CT molecular complexity index is 299. The van der Waals surface area contributed by atoms with Gasteiger partial charge in [-0.25, -0.2) is 0 Å². The van der Waals surface area contributed by atoms with Gasteiger partial charge >= 0.3 is 40.0 Å². The molecule has 0 radical (unpaired) electrons. The first-order valence-electron chi connectivity index (χ1n) is 9.72. The molecule has 0 aromatic carbocycles. The van der Waals surface area contributed by atoms with Crippen molar-refractivity contribution in [3.63, 3.8) is 0 Å². The third kappa shape index (κ3) is 45.7. The van der Waals surface area contributed by atoms with Crippen molar-refractivity contribution in [2.24, 2.45) is 0 Å². The number of aliphatic hydroxyl groups is 1. The Morgan fingerprint density at radius 3 is 0.960 bits per heavy atom. The van der Waals surface area contributed by atoms with Crippen molar-refractivity contribution in [2.75, 3.05) is 6.61 Å². The van der Waals surface area contributed by atoms with Crippen LogP contribution >= 0.6 is 0 Å². The van der Waals surface area contributed by atoms with Gasteiger partial charge in [0.05, 0.1) is 0 Å². The van der Waals surface area contributed by atoms with E-state index in [9.17, 15) is 0 Å². The van der Waals surface area contributed by atoms with Crippen molar-refractivity contribution in [2.45, 2.75) is 110 Å². The van der Waals surface area contributed by atoms with Crippen LogP contribution in [0, 0.1) is 0 Å². The van der Waals surface area contributed by atoms with Crippen LogP contribution < -0.4 is 0 Å². The molecule has 0 amide bonds. The zero-order valence-corrected chi connectivity index (χ0v) is 16.4. The average molecular weight is 393 g/mol. The van der Waals surface area contributed by atoms with E-state index in [0.29, 0.717) is 6.61 Å². The van der Waals surface area contributed by atoms with Gasteiger partial charge in [0.15, 0.2) is 0 Å². The second-order valence-electron chi connectivity index (χ2n) is 6.47. The minimum absolute atomic E-state index is 0. The fraction of sp³-hybridized carbons (Fsp3) is 1.00. The minimum atomic E-state index is -4.67. The topological polar surface area (TPSA) is 94.8 Å². The second-order valence-corrected chi connectivity index (χ2v) is 7.37. The molecule has 0 aliphatic carbocycles. The van der Waals surface area contributed by atoms with Crippen LogP contribution in [0.3, 0.4) is 0 Å². The number of rotatable bonds is 16. The third-order valence-corrected chi connectivity index (χ3v) is 4.01. The first-order chi connectivity index (χ1) is 11.4. The standard InChI is InChI=1S/C18H38O.Na.H2O4S.H/c1-2-3-4-5-6-7-8-9-10-11-12-13-14-15-16-17-18-19;;1-5(2,3)4;/h19H,2-18H2,1H3;;(H2,1,2,3,4);. The van der Waals surface area contributed by atoms with Crippen LogP contribution in [0.2, 0.25) is 0 Å². The molecule has 0 atom stereocenters. The van der Waals surface area contributed by atoms with E-state index in [-0.39, 0.29) is 29.6 Å². The van der Waals surface area contributed by atoms with Crippen LogP contribution in [0.4, 0.5) is 0 Å². The Labute approximate surface area is 178 Å². The van der Waals surface area contributed by atoms with Crippen LogP contribution in [0.5, 0.6) is 0 Å². The molecule has 7 heteroatoms. The van der Waals surface area contributed by atoms with Gasteiger partial charge < -0.3 is 5.11 Å². The molecular formula is C18H41NaO5S. The van der Waals surface area contributed by atoms with Gasteiger partial charge in [0.25, 0.3) is 0 Å². The summed E-state index contributed by atoms with van der Waals surface area (Å²) >= 11 is 0. The molecule has 0 unspecified atom stereocenters. The maximum atomic E-state index is 8.74. The predicted molar refractivity (Wildman–Crippen MR) is 108 cm³/mol. The summed E-state index contributed by atoms with van der Waals surface area (Å²) in [5.74, 6) is 0. The van der Waals surface area contributed by atoms with Gasteiger partial charge in [-0.2, -0.15) is 8.42 Å². The molecule has 0 aromatic heterocycles. The monoisotopic (exact) mass is 392 g/mol. The fourth-order valence-electron chi connectivity index (χ4n) is 2.66. The second kappa shape index (κ2) is 24.8. The predicted octanol–water partition coefficient (Wildman–Crippen LogP) is 4.94. The molecule has 3 N–H and O–H groups in total.